The number of hydrogen-bond donors (Lipinski definition) is 2. The first-order valence-corrected chi connectivity index (χ1v) is 6.84. The molecule has 116 valence electrons. The summed E-state index contributed by atoms with van der Waals surface area (Å²) in [7, 11) is 0. The van der Waals surface area contributed by atoms with Gasteiger partial charge in [-0.25, -0.2) is 9.37 Å². The minimum Gasteiger partial charge on any atom is -0.369 e. The Kier molecular flexibility index (Phi) is 4.55. The quantitative estimate of drug-likeness (QED) is 0.895. The van der Waals surface area contributed by atoms with Crippen molar-refractivity contribution >= 4 is 17.5 Å². The van der Waals surface area contributed by atoms with Crippen molar-refractivity contribution in [2.24, 2.45) is 0 Å². The highest BCUT2D eigenvalue weighted by atomic mass is 19.1. The van der Waals surface area contributed by atoms with Gasteiger partial charge >= 0.3 is 0 Å². The van der Waals surface area contributed by atoms with Gasteiger partial charge in [-0.2, -0.15) is 0 Å². The normalized spacial score (nSPS) is 10.5. The fourth-order valence-electron chi connectivity index (χ4n) is 2.11. The summed E-state index contributed by atoms with van der Waals surface area (Å²) >= 11 is 0. The molecule has 0 atom stereocenters. The van der Waals surface area contributed by atoms with Crippen LogP contribution in [0.2, 0.25) is 0 Å². The summed E-state index contributed by atoms with van der Waals surface area (Å²) in [6.45, 7) is 3.18. The maximum atomic E-state index is 13.5. The van der Waals surface area contributed by atoms with E-state index in [9.17, 15) is 14.0 Å². The van der Waals surface area contributed by atoms with Crippen LogP contribution in [0, 0.1) is 12.7 Å². The molecule has 0 saturated heterocycles. The molecule has 0 aliphatic carbocycles. The molecular weight excluding hydrogens is 287 g/mol. The van der Waals surface area contributed by atoms with Gasteiger partial charge in [0.2, 0.25) is 11.9 Å². The standard InChI is InChI=1S/C15H17FN4O2/c1-3-11-9(2)14(22)20(15(17)19-11)8-13(21)18-12-7-5-4-6-10(12)16/h4-7H,3,8H2,1-2H3,(H2,17,19)(H,18,21). The van der Waals surface area contributed by atoms with E-state index in [1.807, 2.05) is 6.92 Å². The molecule has 2 aromatic rings. The molecule has 0 radical (unpaired) electrons. The Balaban J connectivity index is 2.24. The third kappa shape index (κ3) is 3.13. The number of halogens is 1. The minimum absolute atomic E-state index is 0.0314. The van der Waals surface area contributed by atoms with E-state index < -0.39 is 11.7 Å². The number of para-hydroxylation sites is 1. The van der Waals surface area contributed by atoms with Gasteiger partial charge in [0, 0.05) is 5.56 Å². The number of nitrogens with two attached hydrogens (primary N) is 1. The van der Waals surface area contributed by atoms with Gasteiger partial charge in [0.15, 0.2) is 0 Å². The van der Waals surface area contributed by atoms with Gasteiger partial charge in [-0.3, -0.25) is 14.2 Å². The molecule has 0 saturated carbocycles. The van der Waals surface area contributed by atoms with Crippen LogP contribution in [0.1, 0.15) is 18.2 Å². The number of benzene rings is 1. The molecule has 1 aromatic heterocycles. The number of carbonyl (C=O) groups excluding carboxylic acids is 1. The number of nitrogens with zero attached hydrogens (tertiary/aromatic N) is 2. The van der Waals surface area contributed by atoms with Crippen LogP contribution < -0.4 is 16.6 Å². The number of nitrogen functional groups attached to an aromatic ring is 1. The Morgan fingerprint density at radius 1 is 1.41 bits per heavy atom. The van der Waals surface area contributed by atoms with Crippen molar-refractivity contribution in [1.29, 1.82) is 0 Å². The second kappa shape index (κ2) is 6.38. The molecular formula is C15H17FN4O2. The predicted octanol–water partition coefficient (Wildman–Crippen LogP) is 1.47. The molecule has 0 fully saturated rings. The molecule has 0 aliphatic rings. The van der Waals surface area contributed by atoms with Gasteiger partial charge in [0.25, 0.3) is 5.56 Å². The summed E-state index contributed by atoms with van der Waals surface area (Å²) in [5.41, 5.74) is 6.48. The van der Waals surface area contributed by atoms with Crippen molar-refractivity contribution in [2.45, 2.75) is 26.8 Å². The summed E-state index contributed by atoms with van der Waals surface area (Å²) in [6.07, 6.45) is 0.577. The average molecular weight is 304 g/mol. The molecule has 7 heteroatoms. The summed E-state index contributed by atoms with van der Waals surface area (Å²) in [4.78, 5) is 28.3. The van der Waals surface area contributed by atoms with Crippen LogP contribution in [0.5, 0.6) is 0 Å². The van der Waals surface area contributed by atoms with Gasteiger partial charge in [-0.05, 0) is 25.5 Å². The van der Waals surface area contributed by atoms with Crippen LogP contribution in [0.4, 0.5) is 16.0 Å². The van der Waals surface area contributed by atoms with Crippen molar-refractivity contribution in [2.75, 3.05) is 11.1 Å². The summed E-state index contributed by atoms with van der Waals surface area (Å²) in [6, 6.07) is 5.78. The van der Waals surface area contributed by atoms with E-state index in [2.05, 4.69) is 10.3 Å². The molecule has 0 unspecified atom stereocenters. The van der Waals surface area contributed by atoms with Gasteiger partial charge in [-0.1, -0.05) is 19.1 Å². The van der Waals surface area contributed by atoms with E-state index in [1.54, 1.807) is 13.0 Å². The van der Waals surface area contributed by atoms with Crippen molar-refractivity contribution in [3.8, 4) is 0 Å². The predicted molar refractivity (Wildman–Crippen MR) is 82.1 cm³/mol. The second-order valence-corrected chi connectivity index (χ2v) is 4.81. The van der Waals surface area contributed by atoms with E-state index in [-0.39, 0.29) is 23.7 Å². The molecule has 6 nitrogen and oxygen atoms in total. The number of carbonyl (C=O) groups is 1. The molecule has 1 amide bonds. The minimum atomic E-state index is -0.552. The largest absolute Gasteiger partial charge is 0.369 e. The maximum Gasteiger partial charge on any atom is 0.258 e. The summed E-state index contributed by atoms with van der Waals surface area (Å²) in [5.74, 6) is -1.13. The van der Waals surface area contributed by atoms with Crippen LogP contribution in [-0.2, 0) is 17.8 Å². The van der Waals surface area contributed by atoms with E-state index in [4.69, 9.17) is 5.73 Å². The first-order chi connectivity index (χ1) is 10.4. The topological polar surface area (TPSA) is 90.0 Å². The van der Waals surface area contributed by atoms with Crippen molar-refractivity contribution in [1.82, 2.24) is 9.55 Å². The van der Waals surface area contributed by atoms with Gasteiger partial charge in [0.1, 0.15) is 12.4 Å². The van der Waals surface area contributed by atoms with Crippen molar-refractivity contribution in [3.05, 3.63) is 51.7 Å². The van der Waals surface area contributed by atoms with Gasteiger partial charge < -0.3 is 11.1 Å². The number of aromatic nitrogens is 2. The SMILES string of the molecule is CCc1nc(N)n(CC(=O)Nc2ccccc2F)c(=O)c1C. The first kappa shape index (κ1) is 15.7. The lowest BCUT2D eigenvalue weighted by Gasteiger charge is -2.12. The lowest BCUT2D eigenvalue weighted by molar-refractivity contribution is -0.116. The number of nitrogens with one attached hydrogen (secondary N) is 1. The van der Waals surface area contributed by atoms with Gasteiger partial charge in [-0.15, -0.1) is 0 Å². The van der Waals surface area contributed by atoms with E-state index >= 15 is 0 Å². The number of amides is 1. The molecule has 2 rings (SSSR count). The number of aryl methyl sites for hydroxylation is 1. The van der Waals surface area contributed by atoms with Crippen LogP contribution in [0.3, 0.4) is 0 Å². The lowest BCUT2D eigenvalue weighted by Crippen LogP contribution is -2.32. The molecule has 1 heterocycles. The molecule has 0 aliphatic heterocycles. The number of rotatable bonds is 4. The molecule has 0 spiro atoms. The Labute approximate surface area is 126 Å². The van der Waals surface area contributed by atoms with Crippen LogP contribution in [-0.4, -0.2) is 15.5 Å². The van der Waals surface area contributed by atoms with Crippen LogP contribution in [0.25, 0.3) is 0 Å². The summed E-state index contributed by atoms with van der Waals surface area (Å²) < 4.78 is 14.6. The zero-order valence-electron chi connectivity index (χ0n) is 12.4. The monoisotopic (exact) mass is 304 g/mol. The van der Waals surface area contributed by atoms with Crippen LogP contribution in [0.15, 0.2) is 29.1 Å². The Morgan fingerprint density at radius 3 is 2.73 bits per heavy atom. The molecule has 1 aromatic carbocycles. The van der Waals surface area contributed by atoms with Crippen LogP contribution >= 0.6 is 0 Å². The highest BCUT2D eigenvalue weighted by molar-refractivity contribution is 5.90. The van der Waals surface area contributed by atoms with E-state index in [0.29, 0.717) is 17.7 Å². The maximum absolute atomic E-state index is 13.5. The number of hydrogen-bond acceptors (Lipinski definition) is 4. The smallest absolute Gasteiger partial charge is 0.258 e. The van der Waals surface area contributed by atoms with Gasteiger partial charge in [0.05, 0.1) is 11.4 Å². The highest BCUT2D eigenvalue weighted by Crippen LogP contribution is 2.12. The molecule has 0 bridgehead atoms. The molecule has 22 heavy (non-hydrogen) atoms. The zero-order valence-corrected chi connectivity index (χ0v) is 12.4. The molecule has 3 N–H and O–H groups in total. The highest BCUT2D eigenvalue weighted by Gasteiger charge is 2.14. The van der Waals surface area contributed by atoms with Crippen molar-refractivity contribution in [3.63, 3.8) is 0 Å². The third-order valence-electron chi connectivity index (χ3n) is 3.31. The van der Waals surface area contributed by atoms with Crippen molar-refractivity contribution < 1.29 is 9.18 Å². The average Bonchev–Trinajstić information content (AvgIpc) is 2.49. The fraction of sp³-hybridized carbons (Fsp3) is 0.267. The number of anilines is 2. The zero-order chi connectivity index (χ0) is 16.3. The summed E-state index contributed by atoms with van der Waals surface area (Å²) in [5, 5.41) is 2.40. The first-order valence-electron chi connectivity index (χ1n) is 6.84. The third-order valence-corrected chi connectivity index (χ3v) is 3.31. The Morgan fingerprint density at radius 2 is 2.09 bits per heavy atom. The van der Waals surface area contributed by atoms with E-state index in [1.165, 1.54) is 18.2 Å². The Bertz CT molecular complexity index is 771. The fourth-order valence-corrected chi connectivity index (χ4v) is 2.11. The second-order valence-electron chi connectivity index (χ2n) is 4.81. The lowest BCUT2D eigenvalue weighted by atomic mass is 10.2. The Hall–Kier alpha value is -2.70. The van der Waals surface area contributed by atoms with E-state index in [0.717, 1.165) is 4.57 Å².